The van der Waals surface area contributed by atoms with Crippen molar-refractivity contribution in [2.45, 2.75) is 39.8 Å². The fourth-order valence-electron chi connectivity index (χ4n) is 3.60. The molecule has 0 radical (unpaired) electrons. The van der Waals surface area contributed by atoms with Crippen LogP contribution in [0.3, 0.4) is 0 Å². The molecule has 180 valence electrons. The van der Waals surface area contributed by atoms with Crippen LogP contribution < -0.4 is 9.62 Å². The van der Waals surface area contributed by atoms with E-state index in [9.17, 15) is 18.0 Å². The van der Waals surface area contributed by atoms with Crippen LogP contribution >= 0.6 is 23.2 Å². The van der Waals surface area contributed by atoms with Crippen LogP contribution in [-0.2, 0) is 26.2 Å². The van der Waals surface area contributed by atoms with E-state index < -0.39 is 28.5 Å². The summed E-state index contributed by atoms with van der Waals surface area (Å²) in [6.45, 7) is 5.09. The van der Waals surface area contributed by atoms with Crippen LogP contribution in [0, 0.1) is 13.8 Å². The van der Waals surface area contributed by atoms with Gasteiger partial charge in [-0.1, -0.05) is 53.9 Å². The molecule has 0 spiro atoms. The molecule has 0 saturated heterocycles. The predicted molar refractivity (Wildman–Crippen MR) is 133 cm³/mol. The van der Waals surface area contributed by atoms with Crippen LogP contribution in [0.2, 0.25) is 10.0 Å². The quantitative estimate of drug-likeness (QED) is 0.550. The van der Waals surface area contributed by atoms with Gasteiger partial charge in [0.25, 0.3) is 0 Å². The van der Waals surface area contributed by atoms with Crippen molar-refractivity contribution in [2.24, 2.45) is 0 Å². The molecule has 1 atom stereocenters. The molecule has 0 heterocycles. The van der Waals surface area contributed by atoms with E-state index in [0.717, 1.165) is 21.7 Å². The summed E-state index contributed by atoms with van der Waals surface area (Å²) in [6.07, 6.45) is 1.40. The smallest absolute Gasteiger partial charge is 0.244 e. The standard InChI is InChI=1S/C23H29Cl2N3O4S/c1-6-20(23(30)26-4)27(13-17-8-9-18(24)19(25)12-17)22(29)14-28(33(5,31)32)21-10-7-15(2)11-16(21)3/h7-12,20H,6,13-14H2,1-5H3,(H,26,30). The molecule has 0 aliphatic rings. The van der Waals surface area contributed by atoms with E-state index in [1.165, 1.54) is 11.9 Å². The van der Waals surface area contributed by atoms with E-state index in [2.05, 4.69) is 5.32 Å². The van der Waals surface area contributed by atoms with E-state index in [0.29, 0.717) is 27.7 Å². The Morgan fingerprint density at radius 3 is 2.24 bits per heavy atom. The molecule has 2 aromatic carbocycles. The molecule has 7 nitrogen and oxygen atoms in total. The highest BCUT2D eigenvalue weighted by atomic mass is 35.5. The second kappa shape index (κ2) is 11.2. The van der Waals surface area contributed by atoms with Crippen LogP contribution in [0.5, 0.6) is 0 Å². The van der Waals surface area contributed by atoms with E-state index in [1.54, 1.807) is 44.2 Å². The first-order valence-electron chi connectivity index (χ1n) is 10.4. The topological polar surface area (TPSA) is 86.8 Å². The van der Waals surface area contributed by atoms with Gasteiger partial charge in [-0.05, 0) is 49.6 Å². The Bertz CT molecular complexity index is 1140. The van der Waals surface area contributed by atoms with Gasteiger partial charge in [0.15, 0.2) is 0 Å². The van der Waals surface area contributed by atoms with Gasteiger partial charge in [0.05, 0.1) is 22.0 Å². The summed E-state index contributed by atoms with van der Waals surface area (Å²) in [6, 6.07) is 9.47. The number of benzene rings is 2. The minimum Gasteiger partial charge on any atom is -0.357 e. The zero-order chi connectivity index (χ0) is 24.9. The molecule has 1 unspecified atom stereocenters. The molecule has 0 saturated carbocycles. The second-order valence-electron chi connectivity index (χ2n) is 7.87. The highest BCUT2D eigenvalue weighted by Crippen LogP contribution is 2.26. The molecular formula is C23H29Cl2N3O4S. The maximum absolute atomic E-state index is 13.5. The van der Waals surface area contributed by atoms with Crippen LogP contribution in [0.4, 0.5) is 5.69 Å². The average Bonchev–Trinajstić information content (AvgIpc) is 2.73. The summed E-state index contributed by atoms with van der Waals surface area (Å²) in [7, 11) is -2.29. The Morgan fingerprint density at radius 1 is 1.06 bits per heavy atom. The molecule has 2 rings (SSSR count). The van der Waals surface area contributed by atoms with E-state index in [-0.39, 0.29) is 12.5 Å². The van der Waals surface area contributed by atoms with Crippen LogP contribution in [-0.4, -0.2) is 51.0 Å². The number of likely N-dealkylation sites (N-methyl/N-ethyl adjacent to an activating group) is 1. The number of sulfonamides is 1. The third-order valence-corrected chi connectivity index (χ3v) is 7.13. The van der Waals surface area contributed by atoms with Gasteiger partial charge in [-0.2, -0.15) is 0 Å². The van der Waals surface area contributed by atoms with Crippen LogP contribution in [0.25, 0.3) is 0 Å². The number of carbonyl (C=O) groups excluding carboxylic acids is 2. The van der Waals surface area contributed by atoms with Gasteiger partial charge in [0, 0.05) is 13.6 Å². The third-order valence-electron chi connectivity index (χ3n) is 5.27. The first-order chi connectivity index (χ1) is 15.4. The number of aryl methyl sites for hydroxylation is 2. The lowest BCUT2D eigenvalue weighted by molar-refractivity contribution is -0.140. The van der Waals surface area contributed by atoms with Gasteiger partial charge < -0.3 is 10.2 Å². The van der Waals surface area contributed by atoms with Crippen molar-refractivity contribution < 1.29 is 18.0 Å². The number of nitrogens with one attached hydrogen (secondary N) is 1. The van der Waals surface area contributed by atoms with E-state index in [1.807, 2.05) is 13.0 Å². The largest absolute Gasteiger partial charge is 0.357 e. The Kier molecular flexibility index (Phi) is 9.17. The summed E-state index contributed by atoms with van der Waals surface area (Å²) < 4.78 is 26.4. The predicted octanol–water partition coefficient (Wildman–Crippen LogP) is 3.93. The molecule has 0 aliphatic carbocycles. The maximum atomic E-state index is 13.5. The molecule has 0 aliphatic heterocycles. The summed E-state index contributed by atoms with van der Waals surface area (Å²) >= 11 is 12.1. The lowest BCUT2D eigenvalue weighted by Crippen LogP contribution is -2.51. The molecule has 10 heteroatoms. The highest BCUT2D eigenvalue weighted by Gasteiger charge is 2.31. The van der Waals surface area contributed by atoms with Gasteiger partial charge in [-0.3, -0.25) is 13.9 Å². The van der Waals surface area contributed by atoms with Crippen molar-refractivity contribution in [2.75, 3.05) is 24.2 Å². The Morgan fingerprint density at radius 2 is 1.73 bits per heavy atom. The lowest BCUT2D eigenvalue weighted by Gasteiger charge is -2.33. The molecule has 2 aromatic rings. The van der Waals surface area contributed by atoms with Gasteiger partial charge >= 0.3 is 0 Å². The highest BCUT2D eigenvalue weighted by molar-refractivity contribution is 7.92. The number of amides is 2. The number of rotatable bonds is 9. The zero-order valence-corrected chi connectivity index (χ0v) is 21.7. The number of anilines is 1. The second-order valence-corrected chi connectivity index (χ2v) is 10.6. The Balaban J connectivity index is 2.48. The molecule has 2 amide bonds. The Labute approximate surface area is 205 Å². The van der Waals surface area contributed by atoms with Crippen molar-refractivity contribution >= 4 is 50.7 Å². The first kappa shape index (κ1) is 27.0. The van der Waals surface area contributed by atoms with Gasteiger partial charge in [-0.15, -0.1) is 0 Å². The van der Waals surface area contributed by atoms with Gasteiger partial charge in [0.2, 0.25) is 21.8 Å². The maximum Gasteiger partial charge on any atom is 0.244 e. The Hall–Kier alpha value is -2.29. The number of nitrogens with zero attached hydrogens (tertiary/aromatic N) is 2. The normalized spacial score (nSPS) is 12.2. The SMILES string of the molecule is CCC(C(=O)NC)N(Cc1ccc(Cl)c(Cl)c1)C(=O)CN(c1ccc(C)cc1C)S(C)(=O)=O. The molecule has 1 N–H and O–H groups in total. The minimum atomic E-state index is -3.78. The lowest BCUT2D eigenvalue weighted by atomic mass is 10.1. The van der Waals surface area contributed by atoms with E-state index in [4.69, 9.17) is 23.2 Å². The zero-order valence-electron chi connectivity index (χ0n) is 19.4. The summed E-state index contributed by atoms with van der Waals surface area (Å²) in [5, 5.41) is 3.27. The van der Waals surface area contributed by atoms with Crippen molar-refractivity contribution in [1.82, 2.24) is 10.2 Å². The average molecular weight is 514 g/mol. The molecule has 0 bridgehead atoms. The number of halogens is 2. The minimum absolute atomic E-state index is 0.0616. The van der Waals surface area contributed by atoms with Crippen LogP contribution in [0.15, 0.2) is 36.4 Å². The molecule has 0 aromatic heterocycles. The van der Waals surface area contributed by atoms with Crippen molar-refractivity contribution in [3.05, 3.63) is 63.1 Å². The number of hydrogen-bond donors (Lipinski definition) is 1. The van der Waals surface area contributed by atoms with Crippen molar-refractivity contribution in [3.8, 4) is 0 Å². The number of carbonyl (C=O) groups is 2. The summed E-state index contributed by atoms with van der Waals surface area (Å²) in [5.74, 6) is -0.856. The summed E-state index contributed by atoms with van der Waals surface area (Å²) in [5.41, 5.74) is 2.78. The van der Waals surface area contributed by atoms with Gasteiger partial charge in [0.1, 0.15) is 12.6 Å². The fourth-order valence-corrected chi connectivity index (χ4v) is 4.83. The number of hydrogen-bond acceptors (Lipinski definition) is 4. The first-order valence-corrected chi connectivity index (χ1v) is 13.0. The molecular weight excluding hydrogens is 485 g/mol. The van der Waals surface area contributed by atoms with Gasteiger partial charge in [-0.25, -0.2) is 8.42 Å². The fraction of sp³-hybridized carbons (Fsp3) is 0.391. The third kappa shape index (κ3) is 6.85. The molecule has 0 fully saturated rings. The van der Waals surface area contributed by atoms with Crippen molar-refractivity contribution in [1.29, 1.82) is 0 Å². The van der Waals surface area contributed by atoms with E-state index >= 15 is 0 Å². The van der Waals surface area contributed by atoms with Crippen molar-refractivity contribution in [3.63, 3.8) is 0 Å². The monoisotopic (exact) mass is 513 g/mol. The van der Waals surface area contributed by atoms with Crippen LogP contribution in [0.1, 0.15) is 30.0 Å². The summed E-state index contributed by atoms with van der Waals surface area (Å²) in [4.78, 5) is 27.4. The molecule has 33 heavy (non-hydrogen) atoms.